The number of carbonyl (C=O) groups is 2. The molecule has 0 aromatic heterocycles. The van der Waals surface area contributed by atoms with Gasteiger partial charge in [0.25, 0.3) is 0 Å². The van der Waals surface area contributed by atoms with Crippen LogP contribution in [0.25, 0.3) is 0 Å². The van der Waals surface area contributed by atoms with Crippen LogP contribution in [0.4, 0.5) is 0 Å². The Labute approximate surface area is 117 Å². The summed E-state index contributed by atoms with van der Waals surface area (Å²) < 4.78 is 0. The average Bonchev–Trinajstić information content (AvgIpc) is 2.42. The van der Waals surface area contributed by atoms with E-state index in [2.05, 4.69) is 17.6 Å². The number of carbonyl (C=O) groups excluding carboxylic acids is 2. The van der Waals surface area contributed by atoms with Gasteiger partial charge in [0.1, 0.15) is 0 Å². The van der Waals surface area contributed by atoms with Crippen molar-refractivity contribution in [2.75, 3.05) is 13.6 Å². The summed E-state index contributed by atoms with van der Waals surface area (Å²) in [5.41, 5.74) is 0. The van der Waals surface area contributed by atoms with Gasteiger partial charge in [0, 0.05) is 26.4 Å². The molecule has 0 aliphatic rings. The number of unbranched alkanes of at least 4 members (excludes halogenated alkanes) is 6. The first-order chi connectivity index (χ1) is 9.20. The number of rotatable bonds is 12. The van der Waals surface area contributed by atoms with Crippen LogP contribution in [0.3, 0.4) is 0 Å². The van der Waals surface area contributed by atoms with Crippen molar-refractivity contribution in [3.05, 3.63) is 0 Å². The molecule has 0 unspecified atom stereocenters. The quantitative estimate of drug-likeness (QED) is 0.536. The largest absolute Gasteiger partial charge is 0.359 e. The highest BCUT2D eigenvalue weighted by atomic mass is 16.2. The molecule has 4 nitrogen and oxygen atoms in total. The second-order valence-electron chi connectivity index (χ2n) is 5.00. The summed E-state index contributed by atoms with van der Waals surface area (Å²) in [5.74, 6) is 0.293. The van der Waals surface area contributed by atoms with E-state index in [0.29, 0.717) is 12.8 Å². The van der Waals surface area contributed by atoms with E-state index >= 15 is 0 Å². The molecule has 112 valence electrons. The molecular formula is C15H30N2O2. The molecule has 0 saturated heterocycles. The smallest absolute Gasteiger partial charge is 0.219 e. The number of hydrogen-bond acceptors (Lipinski definition) is 2. The second-order valence-corrected chi connectivity index (χ2v) is 5.00. The first-order valence-electron chi connectivity index (χ1n) is 7.68. The molecule has 4 heteroatoms. The highest BCUT2D eigenvalue weighted by Gasteiger charge is 2.00. The van der Waals surface area contributed by atoms with E-state index in [1.54, 1.807) is 7.05 Å². The van der Waals surface area contributed by atoms with Gasteiger partial charge in [-0.15, -0.1) is 0 Å². The molecule has 0 heterocycles. The lowest BCUT2D eigenvalue weighted by Crippen LogP contribution is -2.24. The van der Waals surface area contributed by atoms with Gasteiger partial charge in [-0.2, -0.15) is 0 Å². The maximum atomic E-state index is 11.5. The summed E-state index contributed by atoms with van der Waals surface area (Å²) in [4.78, 5) is 22.4. The second kappa shape index (κ2) is 13.4. The van der Waals surface area contributed by atoms with Gasteiger partial charge >= 0.3 is 0 Å². The molecule has 0 spiro atoms. The molecule has 0 rings (SSSR count). The maximum Gasteiger partial charge on any atom is 0.219 e. The Kier molecular flexibility index (Phi) is 12.6. The van der Waals surface area contributed by atoms with E-state index < -0.39 is 0 Å². The molecule has 0 aliphatic heterocycles. The Hall–Kier alpha value is -1.06. The molecule has 19 heavy (non-hydrogen) atoms. The summed E-state index contributed by atoms with van der Waals surface area (Å²) in [5, 5.41) is 5.57. The van der Waals surface area contributed by atoms with Crippen LogP contribution in [0.15, 0.2) is 0 Å². The van der Waals surface area contributed by atoms with Gasteiger partial charge in [0.15, 0.2) is 0 Å². The molecule has 0 atom stereocenters. The van der Waals surface area contributed by atoms with E-state index in [1.807, 2.05) is 0 Å². The summed E-state index contributed by atoms with van der Waals surface area (Å²) >= 11 is 0. The van der Waals surface area contributed by atoms with Crippen molar-refractivity contribution < 1.29 is 9.59 Å². The van der Waals surface area contributed by atoms with Crippen LogP contribution in [0.1, 0.15) is 71.1 Å². The Morgan fingerprint density at radius 2 is 1.37 bits per heavy atom. The number of nitrogens with one attached hydrogen (secondary N) is 2. The molecule has 0 aliphatic carbocycles. The maximum absolute atomic E-state index is 11.5. The van der Waals surface area contributed by atoms with Gasteiger partial charge in [-0.3, -0.25) is 9.59 Å². The number of amides is 2. The molecule has 0 aromatic rings. The van der Waals surface area contributed by atoms with Crippen LogP contribution >= 0.6 is 0 Å². The fourth-order valence-electron chi connectivity index (χ4n) is 1.92. The highest BCUT2D eigenvalue weighted by molar-refractivity contribution is 5.75. The van der Waals surface area contributed by atoms with Crippen LogP contribution in [0.2, 0.25) is 0 Å². The minimum Gasteiger partial charge on any atom is -0.359 e. The Balaban J connectivity index is 3.20. The van der Waals surface area contributed by atoms with Gasteiger partial charge in [0.2, 0.25) is 11.8 Å². The monoisotopic (exact) mass is 270 g/mol. The Morgan fingerprint density at radius 1 is 0.789 bits per heavy atom. The number of hydrogen-bond donors (Lipinski definition) is 2. The molecule has 2 amide bonds. The minimum atomic E-state index is 0.111. The van der Waals surface area contributed by atoms with Gasteiger partial charge in [-0.05, 0) is 19.3 Å². The third kappa shape index (κ3) is 13.2. The van der Waals surface area contributed by atoms with E-state index in [-0.39, 0.29) is 11.8 Å². The SMILES string of the molecule is CCCCCCC(=O)NCCCCCCC(=O)NC. The Bertz CT molecular complexity index is 242. The van der Waals surface area contributed by atoms with Crippen molar-refractivity contribution in [3.8, 4) is 0 Å². The van der Waals surface area contributed by atoms with Crippen LogP contribution in [-0.4, -0.2) is 25.4 Å². The fourth-order valence-corrected chi connectivity index (χ4v) is 1.92. The standard InChI is InChI=1S/C15H30N2O2/c1-3-4-5-8-12-15(19)17-13-10-7-6-9-11-14(18)16-2/h3-13H2,1-2H3,(H,16,18)(H,17,19). The highest BCUT2D eigenvalue weighted by Crippen LogP contribution is 2.03. The molecule has 0 bridgehead atoms. The van der Waals surface area contributed by atoms with Gasteiger partial charge in [-0.1, -0.05) is 39.0 Å². The topological polar surface area (TPSA) is 58.2 Å². The van der Waals surface area contributed by atoms with E-state index in [0.717, 1.165) is 45.1 Å². The molecule has 0 radical (unpaired) electrons. The van der Waals surface area contributed by atoms with Crippen molar-refractivity contribution in [1.82, 2.24) is 10.6 Å². The zero-order valence-corrected chi connectivity index (χ0v) is 12.6. The normalized spacial score (nSPS) is 10.2. The predicted octanol–water partition coefficient (Wildman–Crippen LogP) is 2.77. The minimum absolute atomic E-state index is 0.111. The zero-order chi connectivity index (χ0) is 14.3. The van der Waals surface area contributed by atoms with Crippen LogP contribution in [0, 0.1) is 0 Å². The molecular weight excluding hydrogens is 240 g/mol. The third-order valence-corrected chi connectivity index (χ3v) is 3.19. The van der Waals surface area contributed by atoms with Gasteiger partial charge < -0.3 is 10.6 Å². The van der Waals surface area contributed by atoms with Crippen molar-refractivity contribution in [2.45, 2.75) is 71.1 Å². The lowest BCUT2D eigenvalue weighted by atomic mass is 10.1. The first-order valence-corrected chi connectivity index (χ1v) is 7.68. The predicted molar refractivity (Wildman–Crippen MR) is 78.9 cm³/mol. The van der Waals surface area contributed by atoms with Crippen LogP contribution in [0.5, 0.6) is 0 Å². The van der Waals surface area contributed by atoms with Crippen molar-refractivity contribution in [2.24, 2.45) is 0 Å². The molecule has 2 N–H and O–H groups in total. The molecule has 0 fully saturated rings. The summed E-state index contributed by atoms with van der Waals surface area (Å²) in [6, 6.07) is 0. The lowest BCUT2D eigenvalue weighted by molar-refractivity contribution is -0.121. The van der Waals surface area contributed by atoms with E-state index in [1.165, 1.54) is 12.8 Å². The summed E-state index contributed by atoms with van der Waals surface area (Å²) in [6.07, 6.45) is 9.94. The van der Waals surface area contributed by atoms with Crippen molar-refractivity contribution in [1.29, 1.82) is 0 Å². The molecule has 0 aromatic carbocycles. The first kappa shape index (κ1) is 17.9. The third-order valence-electron chi connectivity index (χ3n) is 3.19. The van der Waals surface area contributed by atoms with Gasteiger partial charge in [-0.25, -0.2) is 0 Å². The fraction of sp³-hybridized carbons (Fsp3) is 0.867. The van der Waals surface area contributed by atoms with Gasteiger partial charge in [0.05, 0.1) is 0 Å². The van der Waals surface area contributed by atoms with E-state index in [9.17, 15) is 9.59 Å². The molecule has 0 saturated carbocycles. The summed E-state index contributed by atoms with van der Waals surface area (Å²) in [6.45, 7) is 2.94. The Morgan fingerprint density at radius 3 is 2.00 bits per heavy atom. The van der Waals surface area contributed by atoms with Crippen molar-refractivity contribution >= 4 is 11.8 Å². The lowest BCUT2D eigenvalue weighted by Gasteiger charge is -2.05. The zero-order valence-electron chi connectivity index (χ0n) is 12.6. The van der Waals surface area contributed by atoms with Crippen LogP contribution in [-0.2, 0) is 9.59 Å². The summed E-state index contributed by atoms with van der Waals surface area (Å²) in [7, 11) is 1.67. The van der Waals surface area contributed by atoms with E-state index in [4.69, 9.17) is 0 Å². The van der Waals surface area contributed by atoms with Crippen molar-refractivity contribution in [3.63, 3.8) is 0 Å². The average molecular weight is 270 g/mol. The van der Waals surface area contributed by atoms with Crippen LogP contribution < -0.4 is 10.6 Å².